The molecular weight excluding hydrogens is 340 g/mol. The molecule has 3 heteroatoms. The van der Waals surface area contributed by atoms with E-state index in [-0.39, 0.29) is 4.83 Å². The van der Waals surface area contributed by atoms with E-state index in [4.69, 9.17) is 4.74 Å². The van der Waals surface area contributed by atoms with Crippen LogP contribution in [0.3, 0.4) is 0 Å². The number of halogens is 1. The normalized spacial score (nSPS) is 24.7. The minimum Gasteiger partial charge on any atom is -0.497 e. The van der Waals surface area contributed by atoms with Gasteiger partial charge in [-0.3, -0.25) is 4.79 Å². The van der Waals surface area contributed by atoms with E-state index in [1.807, 2.05) is 6.07 Å². The summed E-state index contributed by atoms with van der Waals surface area (Å²) in [4.78, 5) is 13.0. The summed E-state index contributed by atoms with van der Waals surface area (Å²) in [6.07, 6.45) is 7.52. The molecule has 0 radical (unpaired) electrons. The number of rotatable bonds is 6. The number of Topliss-reactive ketones (excluding diaryl/α,β-unsaturated/α-hetero) is 1. The predicted molar refractivity (Wildman–Crippen MR) is 95.1 cm³/mol. The van der Waals surface area contributed by atoms with Crippen molar-refractivity contribution in [2.24, 2.45) is 0 Å². The van der Waals surface area contributed by atoms with Crippen molar-refractivity contribution in [2.75, 3.05) is 7.11 Å². The van der Waals surface area contributed by atoms with Crippen LogP contribution in [0, 0.1) is 0 Å². The Balaban J connectivity index is 2.36. The second kappa shape index (κ2) is 7.63. The van der Waals surface area contributed by atoms with E-state index in [0.29, 0.717) is 5.78 Å². The molecule has 0 aromatic heterocycles. The highest BCUT2D eigenvalue weighted by Crippen LogP contribution is 2.41. The summed E-state index contributed by atoms with van der Waals surface area (Å²) >= 11 is 3.62. The zero-order valence-electron chi connectivity index (χ0n) is 14.0. The van der Waals surface area contributed by atoms with Crippen molar-refractivity contribution in [1.29, 1.82) is 0 Å². The zero-order chi connectivity index (χ0) is 16.2. The van der Waals surface area contributed by atoms with Gasteiger partial charge in [-0.2, -0.15) is 0 Å². The second-order valence-corrected chi connectivity index (χ2v) is 7.64. The summed E-state index contributed by atoms with van der Waals surface area (Å²) in [7, 11) is 1.69. The van der Waals surface area contributed by atoms with Crippen LogP contribution in [0.2, 0.25) is 0 Å². The van der Waals surface area contributed by atoms with Gasteiger partial charge in [-0.25, -0.2) is 0 Å². The summed E-state index contributed by atoms with van der Waals surface area (Å²) in [6.45, 7) is 4.34. The number of carbonyl (C=O) groups excluding carboxylic acids is 1. The Morgan fingerprint density at radius 3 is 2.77 bits per heavy atom. The lowest BCUT2D eigenvalue weighted by molar-refractivity contribution is -0.123. The van der Waals surface area contributed by atoms with Gasteiger partial charge in [0.05, 0.1) is 17.4 Å². The zero-order valence-corrected chi connectivity index (χ0v) is 15.5. The Labute approximate surface area is 142 Å². The average Bonchev–Trinajstić information content (AvgIpc) is 2.63. The van der Waals surface area contributed by atoms with Gasteiger partial charge < -0.3 is 4.74 Å². The third-order valence-corrected chi connectivity index (χ3v) is 5.81. The molecule has 1 aromatic carbocycles. The summed E-state index contributed by atoms with van der Waals surface area (Å²) in [6, 6.07) is 6.23. The van der Waals surface area contributed by atoms with Crippen molar-refractivity contribution in [3.05, 3.63) is 29.3 Å². The Kier molecular flexibility index (Phi) is 6.08. The molecule has 22 heavy (non-hydrogen) atoms. The highest BCUT2D eigenvalue weighted by molar-refractivity contribution is 9.10. The van der Waals surface area contributed by atoms with Gasteiger partial charge in [0.15, 0.2) is 5.78 Å². The molecular formula is C19H27BrO2. The number of hydrogen-bond donors (Lipinski definition) is 0. The van der Waals surface area contributed by atoms with Crippen LogP contribution in [-0.4, -0.2) is 17.7 Å². The third kappa shape index (κ3) is 3.56. The molecule has 0 saturated carbocycles. The van der Waals surface area contributed by atoms with Crippen LogP contribution < -0.4 is 4.74 Å². The van der Waals surface area contributed by atoms with E-state index < -0.39 is 5.41 Å². The van der Waals surface area contributed by atoms with E-state index in [2.05, 4.69) is 41.9 Å². The average molecular weight is 367 g/mol. The molecule has 0 aliphatic heterocycles. The van der Waals surface area contributed by atoms with Gasteiger partial charge in [-0.05, 0) is 49.4 Å². The lowest BCUT2D eigenvalue weighted by Crippen LogP contribution is -2.37. The van der Waals surface area contributed by atoms with E-state index in [1.165, 1.54) is 30.4 Å². The molecule has 1 aromatic rings. The lowest BCUT2D eigenvalue weighted by atomic mass is 9.73. The number of methoxy groups -OCH3 is 1. The predicted octanol–water partition coefficient (Wildman–Crippen LogP) is 5.20. The van der Waals surface area contributed by atoms with Gasteiger partial charge in [0.1, 0.15) is 5.75 Å². The quantitative estimate of drug-likeness (QED) is 0.392. The maximum Gasteiger partial charge on any atom is 0.156 e. The second-order valence-electron chi connectivity index (χ2n) is 6.54. The standard InChI is InChI=1S/C19H27BrO2/c1-4-5-6-7-12-19(2)16-13-15(22-3)10-8-14(16)9-11-17(20)18(19)21/h8,10,13,17H,4-7,9,11-12H2,1-3H3. The van der Waals surface area contributed by atoms with E-state index in [1.54, 1.807) is 7.11 Å². The molecule has 2 nitrogen and oxygen atoms in total. The summed E-state index contributed by atoms with van der Waals surface area (Å²) in [5.74, 6) is 1.18. The number of fused-ring (bicyclic) bond motifs is 1. The molecule has 0 spiro atoms. The molecule has 0 bridgehead atoms. The van der Waals surface area contributed by atoms with Gasteiger partial charge in [0, 0.05) is 0 Å². The molecule has 0 saturated heterocycles. The summed E-state index contributed by atoms with van der Waals surface area (Å²) in [5.41, 5.74) is 2.08. The molecule has 2 unspecified atom stereocenters. The molecule has 1 aliphatic rings. The van der Waals surface area contributed by atoms with Crippen LogP contribution in [0.1, 0.15) is 63.5 Å². The highest BCUT2D eigenvalue weighted by Gasteiger charge is 2.41. The van der Waals surface area contributed by atoms with Crippen LogP contribution in [0.4, 0.5) is 0 Å². The molecule has 2 rings (SSSR count). The van der Waals surface area contributed by atoms with Crippen molar-refractivity contribution < 1.29 is 9.53 Å². The summed E-state index contributed by atoms with van der Waals surface area (Å²) < 4.78 is 5.40. The number of benzene rings is 1. The molecule has 0 fully saturated rings. The fourth-order valence-electron chi connectivity index (χ4n) is 3.47. The van der Waals surface area contributed by atoms with Crippen LogP contribution in [0.5, 0.6) is 5.75 Å². The number of aryl methyl sites for hydroxylation is 1. The van der Waals surface area contributed by atoms with Crippen molar-refractivity contribution in [3.8, 4) is 5.75 Å². The molecule has 0 amide bonds. The number of unbranched alkanes of at least 4 members (excludes halogenated alkanes) is 3. The van der Waals surface area contributed by atoms with Crippen LogP contribution in [0.25, 0.3) is 0 Å². The van der Waals surface area contributed by atoms with Gasteiger partial charge in [0.2, 0.25) is 0 Å². The fraction of sp³-hybridized carbons (Fsp3) is 0.632. The Hall–Kier alpha value is -0.830. The smallest absolute Gasteiger partial charge is 0.156 e. The maximum absolute atomic E-state index is 13.0. The first-order chi connectivity index (χ1) is 10.5. The van der Waals surface area contributed by atoms with Gasteiger partial charge in [-0.15, -0.1) is 0 Å². The van der Waals surface area contributed by atoms with E-state index in [0.717, 1.165) is 31.4 Å². The summed E-state index contributed by atoms with van der Waals surface area (Å²) in [5, 5.41) is 0. The van der Waals surface area contributed by atoms with Crippen LogP contribution >= 0.6 is 15.9 Å². The number of ketones is 1. The first-order valence-corrected chi connectivity index (χ1v) is 9.30. The Bertz CT molecular complexity index is 526. The monoisotopic (exact) mass is 366 g/mol. The number of alkyl halides is 1. The van der Waals surface area contributed by atoms with Gasteiger partial charge in [-0.1, -0.05) is 54.6 Å². The molecule has 0 heterocycles. The minimum absolute atomic E-state index is 0.0397. The van der Waals surface area contributed by atoms with Crippen molar-refractivity contribution in [1.82, 2.24) is 0 Å². The van der Waals surface area contributed by atoms with Gasteiger partial charge in [0.25, 0.3) is 0 Å². The number of hydrogen-bond acceptors (Lipinski definition) is 2. The van der Waals surface area contributed by atoms with Gasteiger partial charge >= 0.3 is 0 Å². The minimum atomic E-state index is -0.401. The fourth-order valence-corrected chi connectivity index (χ4v) is 4.20. The molecule has 1 aliphatic carbocycles. The number of carbonyl (C=O) groups is 1. The highest BCUT2D eigenvalue weighted by atomic mass is 79.9. The third-order valence-electron chi connectivity index (χ3n) is 4.94. The van der Waals surface area contributed by atoms with Crippen LogP contribution in [0.15, 0.2) is 18.2 Å². The first kappa shape index (κ1) is 17.5. The van der Waals surface area contributed by atoms with Crippen molar-refractivity contribution >= 4 is 21.7 Å². The number of ether oxygens (including phenoxy) is 1. The first-order valence-electron chi connectivity index (χ1n) is 8.38. The Morgan fingerprint density at radius 1 is 1.32 bits per heavy atom. The van der Waals surface area contributed by atoms with Crippen molar-refractivity contribution in [2.45, 2.75) is 69.0 Å². The SMILES string of the molecule is CCCCCCC1(C)C(=O)C(Br)CCc2ccc(OC)cc21. The van der Waals surface area contributed by atoms with E-state index in [9.17, 15) is 4.79 Å². The molecule has 2 atom stereocenters. The van der Waals surface area contributed by atoms with Crippen LogP contribution in [-0.2, 0) is 16.6 Å². The largest absolute Gasteiger partial charge is 0.497 e. The lowest BCUT2D eigenvalue weighted by Gasteiger charge is -2.30. The topological polar surface area (TPSA) is 26.3 Å². The molecule has 122 valence electrons. The van der Waals surface area contributed by atoms with Crippen molar-refractivity contribution in [3.63, 3.8) is 0 Å². The Morgan fingerprint density at radius 2 is 2.09 bits per heavy atom. The van der Waals surface area contributed by atoms with E-state index >= 15 is 0 Å². The maximum atomic E-state index is 13.0. The molecule has 0 N–H and O–H groups in total.